The van der Waals surface area contributed by atoms with Crippen molar-refractivity contribution in [3.8, 4) is 11.3 Å². The summed E-state index contributed by atoms with van der Waals surface area (Å²) in [6.07, 6.45) is 1.87. The van der Waals surface area contributed by atoms with Crippen LogP contribution in [0.25, 0.3) is 43.5 Å². The van der Waals surface area contributed by atoms with Gasteiger partial charge in [0.2, 0.25) is 17.2 Å². The van der Waals surface area contributed by atoms with Crippen molar-refractivity contribution in [1.82, 2.24) is 9.97 Å². The number of aryl methyl sites for hydroxylation is 2. The van der Waals surface area contributed by atoms with E-state index >= 15 is 0 Å². The van der Waals surface area contributed by atoms with Gasteiger partial charge in [0.25, 0.3) is 6.33 Å². The molecule has 0 aliphatic heterocycles. The Morgan fingerprint density at radius 2 is 1.97 bits per heavy atom. The van der Waals surface area contributed by atoms with Gasteiger partial charge >= 0.3 is 0 Å². The van der Waals surface area contributed by atoms with Crippen LogP contribution < -0.4 is 4.57 Å². The van der Waals surface area contributed by atoms with E-state index < -0.39 is 5.95 Å². The summed E-state index contributed by atoms with van der Waals surface area (Å²) in [4.78, 5) is 8.68. The molecule has 29 heavy (non-hydrogen) atoms. The second kappa shape index (κ2) is 6.32. The maximum Gasteiger partial charge on any atom is 0.287 e. The first-order valence-electron chi connectivity index (χ1n) is 9.62. The number of rotatable bonds is 2. The molecule has 1 aromatic carbocycles. The number of fused-ring (bicyclic) bond motifs is 4. The molecule has 0 N–H and O–H groups in total. The lowest BCUT2D eigenvalue weighted by Crippen LogP contribution is -2.31. The highest BCUT2D eigenvalue weighted by molar-refractivity contribution is 7.17. The number of nitrogens with zero attached hydrogens (tertiary/aromatic N) is 3. The Morgan fingerprint density at radius 3 is 2.72 bits per heavy atom. The van der Waals surface area contributed by atoms with Gasteiger partial charge in [-0.25, -0.2) is 4.57 Å². The fourth-order valence-electron chi connectivity index (χ4n) is 4.01. The predicted molar refractivity (Wildman–Crippen MR) is 115 cm³/mol. The van der Waals surface area contributed by atoms with E-state index in [4.69, 9.17) is 9.40 Å². The largest absolute Gasteiger partial charge is 0.437 e. The molecule has 0 aliphatic rings. The molecule has 146 valence electrons. The lowest BCUT2D eigenvalue weighted by atomic mass is 9.96. The van der Waals surface area contributed by atoms with Crippen molar-refractivity contribution in [3.63, 3.8) is 0 Å². The zero-order valence-corrected chi connectivity index (χ0v) is 17.8. The molecule has 6 heteroatoms. The van der Waals surface area contributed by atoms with Gasteiger partial charge in [-0.2, -0.15) is 9.37 Å². The second-order valence-corrected chi connectivity index (χ2v) is 8.77. The molecule has 4 heterocycles. The third kappa shape index (κ3) is 2.59. The molecule has 0 saturated carbocycles. The SMILES string of the molecule is Cc1cc2c(oc3nc(F)ccc32)c(-c2c3scc(C(C)C)c3nc[n+]2C)c1C. The standard InChI is InChI=1S/C23H21FN3OS/c1-11(2)16-9-29-22-19(16)25-10-27(5)20(22)18-13(4)12(3)8-15-14-6-7-17(24)26-23(14)28-21(15)18/h6-11H,1-5H3/q+1. The summed E-state index contributed by atoms with van der Waals surface area (Å²) >= 11 is 1.71. The summed E-state index contributed by atoms with van der Waals surface area (Å²) in [5.74, 6) is -0.142. The molecular weight excluding hydrogens is 385 g/mol. The van der Waals surface area contributed by atoms with E-state index in [-0.39, 0.29) is 0 Å². The highest BCUT2D eigenvalue weighted by Crippen LogP contribution is 2.42. The van der Waals surface area contributed by atoms with Crippen LogP contribution in [0, 0.1) is 19.8 Å². The van der Waals surface area contributed by atoms with Crippen molar-refractivity contribution in [1.29, 1.82) is 0 Å². The highest BCUT2D eigenvalue weighted by Gasteiger charge is 2.26. The normalized spacial score (nSPS) is 12.1. The summed E-state index contributed by atoms with van der Waals surface area (Å²) in [6.45, 7) is 8.58. The lowest BCUT2D eigenvalue weighted by Gasteiger charge is -2.11. The van der Waals surface area contributed by atoms with E-state index in [0.29, 0.717) is 11.6 Å². The molecule has 0 aliphatic carbocycles. The topological polar surface area (TPSA) is 42.8 Å². The molecule has 0 fully saturated rings. The third-order valence-corrected chi connectivity index (χ3v) is 6.69. The summed E-state index contributed by atoms with van der Waals surface area (Å²) < 4.78 is 23.0. The van der Waals surface area contributed by atoms with Crippen LogP contribution in [0.15, 0.2) is 34.3 Å². The third-order valence-electron chi connectivity index (χ3n) is 5.69. The number of hydrogen-bond donors (Lipinski definition) is 0. The van der Waals surface area contributed by atoms with Gasteiger partial charge in [-0.3, -0.25) is 0 Å². The van der Waals surface area contributed by atoms with Crippen LogP contribution >= 0.6 is 11.3 Å². The van der Waals surface area contributed by atoms with Gasteiger partial charge in [-0.05, 0) is 59.5 Å². The van der Waals surface area contributed by atoms with E-state index in [2.05, 4.69) is 44.1 Å². The van der Waals surface area contributed by atoms with Crippen molar-refractivity contribution in [3.05, 3.63) is 52.5 Å². The van der Waals surface area contributed by atoms with Crippen LogP contribution in [0.4, 0.5) is 4.39 Å². The molecule has 0 atom stereocenters. The fraction of sp³-hybridized carbons (Fsp3) is 0.261. The fourth-order valence-corrected chi connectivity index (χ4v) is 5.28. The van der Waals surface area contributed by atoms with Crippen LogP contribution in [-0.4, -0.2) is 9.97 Å². The van der Waals surface area contributed by atoms with Gasteiger partial charge in [-0.1, -0.05) is 13.8 Å². The molecule has 5 aromatic rings. The van der Waals surface area contributed by atoms with Gasteiger partial charge in [0, 0.05) is 16.3 Å². The summed E-state index contributed by atoms with van der Waals surface area (Å²) in [5, 5.41) is 3.98. The van der Waals surface area contributed by atoms with Crippen molar-refractivity contribution in [2.24, 2.45) is 7.05 Å². The molecule has 0 spiro atoms. The maximum atomic E-state index is 13.7. The number of benzene rings is 1. The van der Waals surface area contributed by atoms with Crippen molar-refractivity contribution < 1.29 is 13.4 Å². The summed E-state index contributed by atoms with van der Waals surface area (Å²) in [7, 11) is 2.00. The van der Waals surface area contributed by atoms with Crippen molar-refractivity contribution in [2.45, 2.75) is 33.6 Å². The zero-order chi connectivity index (χ0) is 20.4. The van der Waals surface area contributed by atoms with Crippen LogP contribution in [0.3, 0.4) is 0 Å². The average molecular weight is 407 g/mol. The highest BCUT2D eigenvalue weighted by atomic mass is 32.1. The van der Waals surface area contributed by atoms with Gasteiger partial charge in [-0.15, -0.1) is 11.3 Å². The Labute approximate surface area is 171 Å². The average Bonchev–Trinajstić information content (AvgIpc) is 3.25. The van der Waals surface area contributed by atoms with Crippen LogP contribution in [0.2, 0.25) is 0 Å². The van der Waals surface area contributed by atoms with E-state index in [0.717, 1.165) is 49.0 Å². The number of thiophene rings is 1. The van der Waals surface area contributed by atoms with Gasteiger partial charge in [0.1, 0.15) is 10.3 Å². The summed E-state index contributed by atoms with van der Waals surface area (Å²) in [5.41, 5.74) is 7.74. The van der Waals surface area contributed by atoms with E-state index in [1.807, 2.05) is 17.9 Å². The van der Waals surface area contributed by atoms with E-state index in [1.54, 1.807) is 17.4 Å². The Morgan fingerprint density at radius 1 is 1.17 bits per heavy atom. The van der Waals surface area contributed by atoms with E-state index in [9.17, 15) is 4.39 Å². The van der Waals surface area contributed by atoms with Crippen molar-refractivity contribution in [2.75, 3.05) is 0 Å². The molecule has 4 nitrogen and oxygen atoms in total. The Bertz CT molecular complexity index is 1430. The zero-order valence-electron chi connectivity index (χ0n) is 17.0. The quantitative estimate of drug-likeness (QED) is 0.268. The molecule has 4 aromatic heterocycles. The van der Waals surface area contributed by atoms with E-state index in [1.165, 1.54) is 11.6 Å². The van der Waals surface area contributed by atoms with Crippen LogP contribution in [0.5, 0.6) is 0 Å². The Kier molecular flexibility index (Phi) is 3.96. The smallest absolute Gasteiger partial charge is 0.287 e. The van der Waals surface area contributed by atoms with Gasteiger partial charge in [0.05, 0.1) is 12.6 Å². The monoisotopic (exact) mass is 406 g/mol. The van der Waals surface area contributed by atoms with Crippen LogP contribution in [-0.2, 0) is 7.05 Å². The number of halogens is 1. The van der Waals surface area contributed by atoms with Crippen LogP contribution in [0.1, 0.15) is 36.5 Å². The number of aromatic nitrogens is 3. The Hall–Kier alpha value is -2.86. The summed E-state index contributed by atoms with van der Waals surface area (Å²) in [6, 6.07) is 5.23. The first-order valence-corrected chi connectivity index (χ1v) is 10.5. The Balaban J connectivity index is 1.96. The maximum absolute atomic E-state index is 13.7. The first kappa shape index (κ1) is 18.2. The molecule has 0 bridgehead atoms. The molecule has 0 unspecified atom stereocenters. The molecular formula is C23H21FN3OS+. The number of pyridine rings is 1. The number of hydrogen-bond acceptors (Lipinski definition) is 4. The lowest BCUT2D eigenvalue weighted by molar-refractivity contribution is -0.662. The van der Waals surface area contributed by atoms with Crippen molar-refractivity contribution >= 4 is 43.6 Å². The predicted octanol–water partition coefficient (Wildman–Crippen LogP) is 5.96. The molecule has 0 saturated heterocycles. The molecule has 0 radical (unpaired) electrons. The molecule has 0 amide bonds. The minimum atomic E-state index is -0.539. The number of furan rings is 1. The minimum absolute atomic E-state index is 0.327. The molecule has 5 rings (SSSR count). The van der Waals surface area contributed by atoms with Gasteiger partial charge < -0.3 is 4.42 Å². The second-order valence-electron chi connectivity index (χ2n) is 7.89. The first-order chi connectivity index (χ1) is 13.9. The minimum Gasteiger partial charge on any atom is -0.437 e. The van der Waals surface area contributed by atoms with Gasteiger partial charge in [0.15, 0.2) is 5.69 Å².